The van der Waals surface area contributed by atoms with Crippen molar-refractivity contribution in [3.63, 3.8) is 0 Å². The first-order chi connectivity index (χ1) is 10.3. The van der Waals surface area contributed by atoms with Gasteiger partial charge in [-0.2, -0.15) is 0 Å². The fraction of sp³-hybridized carbons (Fsp3) is 0.900. The number of aliphatic hydroxyl groups is 1. The van der Waals surface area contributed by atoms with Gasteiger partial charge < -0.3 is 9.84 Å². The Morgan fingerprint density at radius 3 is 2.27 bits per heavy atom. The van der Waals surface area contributed by atoms with Crippen LogP contribution in [-0.4, -0.2) is 23.9 Å². The van der Waals surface area contributed by atoms with Crippen LogP contribution in [-0.2, 0) is 4.74 Å². The number of aliphatic hydroxyl groups excluding tert-OH is 1. The molecular weight excluding hydrogens is 272 g/mol. The van der Waals surface area contributed by atoms with E-state index < -0.39 is 0 Å². The Morgan fingerprint density at radius 2 is 1.68 bits per heavy atom. The molecule has 22 heavy (non-hydrogen) atoms. The number of rotatable bonds is 13. The monoisotopic (exact) mass is 312 g/mol. The summed E-state index contributed by atoms with van der Waals surface area (Å²) in [5.41, 5.74) is 1.40. The minimum absolute atomic E-state index is 0.0153. The smallest absolute Gasteiger partial charge is 0.0626 e. The molecule has 0 bridgehead atoms. The van der Waals surface area contributed by atoms with Gasteiger partial charge in [0.1, 0.15) is 0 Å². The first-order valence-corrected chi connectivity index (χ1v) is 9.15. The average molecular weight is 313 g/mol. The molecule has 0 aliphatic carbocycles. The van der Waals surface area contributed by atoms with Crippen molar-refractivity contribution in [2.45, 2.75) is 92.1 Å². The number of ether oxygens (including phenoxy) is 1. The Kier molecular flexibility index (Phi) is 11.9. The lowest BCUT2D eigenvalue weighted by Gasteiger charge is -2.26. The van der Waals surface area contributed by atoms with Crippen molar-refractivity contribution in [3.8, 4) is 0 Å². The van der Waals surface area contributed by atoms with Crippen molar-refractivity contribution in [3.05, 3.63) is 11.6 Å². The van der Waals surface area contributed by atoms with Crippen LogP contribution in [0.3, 0.4) is 0 Å². The van der Waals surface area contributed by atoms with Gasteiger partial charge in [0, 0.05) is 13.2 Å². The number of hydrogen-bond donors (Lipinski definition) is 1. The summed E-state index contributed by atoms with van der Waals surface area (Å²) in [6.45, 7) is 14.5. The summed E-state index contributed by atoms with van der Waals surface area (Å²) in [5, 5.41) is 8.93. The van der Waals surface area contributed by atoms with Gasteiger partial charge in [-0.05, 0) is 71.6 Å². The van der Waals surface area contributed by atoms with Crippen molar-refractivity contribution >= 4 is 0 Å². The summed E-state index contributed by atoms with van der Waals surface area (Å²) in [6.07, 6.45) is 10.3. The van der Waals surface area contributed by atoms with E-state index in [2.05, 4.69) is 47.6 Å². The SMILES string of the molecule is CC(C)=CCC[C@H](C)CCOC(C)(C)CCC[C@H](C)CCO. The molecule has 0 aliphatic rings. The van der Waals surface area contributed by atoms with E-state index >= 15 is 0 Å². The van der Waals surface area contributed by atoms with E-state index in [4.69, 9.17) is 9.84 Å². The van der Waals surface area contributed by atoms with E-state index in [1.807, 2.05) is 0 Å². The molecule has 0 heterocycles. The van der Waals surface area contributed by atoms with Crippen molar-refractivity contribution in [2.75, 3.05) is 13.2 Å². The molecule has 2 heteroatoms. The lowest BCUT2D eigenvalue weighted by molar-refractivity contribution is -0.0306. The highest BCUT2D eigenvalue weighted by Gasteiger charge is 2.18. The summed E-state index contributed by atoms with van der Waals surface area (Å²) >= 11 is 0. The van der Waals surface area contributed by atoms with Crippen molar-refractivity contribution in [1.29, 1.82) is 0 Å². The maximum Gasteiger partial charge on any atom is 0.0626 e. The van der Waals surface area contributed by atoms with Crippen LogP contribution in [0.25, 0.3) is 0 Å². The van der Waals surface area contributed by atoms with E-state index in [-0.39, 0.29) is 5.60 Å². The second-order valence-corrected chi connectivity index (χ2v) is 7.87. The minimum atomic E-state index is -0.0153. The highest BCUT2D eigenvalue weighted by Crippen LogP contribution is 2.22. The van der Waals surface area contributed by atoms with Gasteiger partial charge in [-0.1, -0.05) is 38.3 Å². The van der Waals surface area contributed by atoms with Crippen LogP contribution in [0.5, 0.6) is 0 Å². The molecule has 0 unspecified atom stereocenters. The van der Waals surface area contributed by atoms with Gasteiger partial charge in [0.25, 0.3) is 0 Å². The predicted octanol–water partition coefficient (Wildman–Crippen LogP) is 5.74. The molecule has 2 nitrogen and oxygen atoms in total. The van der Waals surface area contributed by atoms with Crippen LogP contribution >= 0.6 is 0 Å². The van der Waals surface area contributed by atoms with E-state index in [0.717, 1.165) is 31.8 Å². The van der Waals surface area contributed by atoms with Crippen LogP contribution in [0.15, 0.2) is 11.6 Å². The highest BCUT2D eigenvalue weighted by molar-refractivity contribution is 4.92. The molecule has 2 atom stereocenters. The highest BCUT2D eigenvalue weighted by atomic mass is 16.5. The van der Waals surface area contributed by atoms with Gasteiger partial charge in [0.15, 0.2) is 0 Å². The minimum Gasteiger partial charge on any atom is -0.396 e. The predicted molar refractivity (Wildman–Crippen MR) is 97.2 cm³/mol. The second kappa shape index (κ2) is 12.1. The molecule has 0 aromatic carbocycles. The van der Waals surface area contributed by atoms with Crippen molar-refractivity contribution in [2.24, 2.45) is 11.8 Å². The quantitative estimate of drug-likeness (QED) is 0.439. The summed E-state index contributed by atoms with van der Waals surface area (Å²) in [6, 6.07) is 0. The lowest BCUT2D eigenvalue weighted by atomic mass is 9.95. The molecule has 0 radical (unpaired) electrons. The second-order valence-electron chi connectivity index (χ2n) is 7.87. The van der Waals surface area contributed by atoms with Crippen LogP contribution in [0.2, 0.25) is 0 Å². The molecule has 0 aromatic rings. The fourth-order valence-electron chi connectivity index (χ4n) is 2.65. The first kappa shape index (κ1) is 21.7. The lowest BCUT2D eigenvalue weighted by Crippen LogP contribution is -2.25. The van der Waals surface area contributed by atoms with Crippen molar-refractivity contribution < 1.29 is 9.84 Å². The Balaban J connectivity index is 3.76. The molecule has 0 saturated carbocycles. The normalized spacial score (nSPS) is 14.7. The largest absolute Gasteiger partial charge is 0.396 e. The third-order valence-electron chi connectivity index (χ3n) is 4.41. The van der Waals surface area contributed by atoms with Gasteiger partial charge in [-0.25, -0.2) is 0 Å². The van der Waals surface area contributed by atoms with Gasteiger partial charge >= 0.3 is 0 Å². The molecule has 0 fully saturated rings. The zero-order valence-electron chi connectivity index (χ0n) is 16.0. The van der Waals surface area contributed by atoms with Gasteiger partial charge in [-0.3, -0.25) is 0 Å². The summed E-state index contributed by atoms with van der Waals surface area (Å²) < 4.78 is 6.10. The molecule has 0 rings (SSSR count). The maximum absolute atomic E-state index is 8.93. The third-order valence-corrected chi connectivity index (χ3v) is 4.41. The van der Waals surface area contributed by atoms with Crippen LogP contribution < -0.4 is 0 Å². The van der Waals surface area contributed by atoms with Gasteiger partial charge in [0.05, 0.1) is 5.60 Å². The summed E-state index contributed by atoms with van der Waals surface area (Å²) in [4.78, 5) is 0. The summed E-state index contributed by atoms with van der Waals surface area (Å²) in [7, 11) is 0. The molecule has 1 N–H and O–H groups in total. The van der Waals surface area contributed by atoms with E-state index in [9.17, 15) is 0 Å². The Hall–Kier alpha value is -0.340. The van der Waals surface area contributed by atoms with Gasteiger partial charge in [-0.15, -0.1) is 0 Å². The molecule has 0 saturated heterocycles. The van der Waals surface area contributed by atoms with Crippen LogP contribution in [0.4, 0.5) is 0 Å². The van der Waals surface area contributed by atoms with Crippen LogP contribution in [0, 0.1) is 11.8 Å². The van der Waals surface area contributed by atoms with Crippen molar-refractivity contribution in [1.82, 2.24) is 0 Å². The zero-order valence-corrected chi connectivity index (χ0v) is 16.0. The van der Waals surface area contributed by atoms with E-state index in [1.165, 1.54) is 31.3 Å². The Morgan fingerprint density at radius 1 is 1.05 bits per heavy atom. The first-order valence-electron chi connectivity index (χ1n) is 9.15. The molecule has 0 spiro atoms. The third kappa shape index (κ3) is 13.3. The molecular formula is C20H40O2. The topological polar surface area (TPSA) is 29.5 Å². The Bertz CT molecular complexity index is 290. The number of hydrogen-bond acceptors (Lipinski definition) is 2. The molecule has 0 amide bonds. The summed E-state index contributed by atoms with van der Waals surface area (Å²) in [5.74, 6) is 1.35. The molecule has 0 aromatic heterocycles. The average Bonchev–Trinajstić information content (AvgIpc) is 2.38. The fourth-order valence-corrected chi connectivity index (χ4v) is 2.65. The van der Waals surface area contributed by atoms with E-state index in [1.54, 1.807) is 0 Å². The molecule has 132 valence electrons. The van der Waals surface area contributed by atoms with Crippen LogP contribution in [0.1, 0.15) is 86.5 Å². The van der Waals surface area contributed by atoms with E-state index in [0.29, 0.717) is 12.5 Å². The standard InChI is InChI=1S/C20H40O2/c1-17(2)9-7-10-19(4)13-16-22-20(5,6)14-8-11-18(3)12-15-21/h9,18-19,21H,7-8,10-16H2,1-6H3/t18-,19-/m0/s1. The number of allylic oxidation sites excluding steroid dienone is 2. The zero-order chi connectivity index (χ0) is 17.0. The Labute approximate surface area is 139 Å². The van der Waals surface area contributed by atoms with Gasteiger partial charge in [0.2, 0.25) is 0 Å². The molecule has 0 aliphatic heterocycles. The maximum atomic E-state index is 8.93.